The molecule has 13 heteroatoms. The molecule has 11 nitrogen and oxygen atoms in total. The average Bonchev–Trinajstić information content (AvgIpc) is 3.73. The zero-order valence-corrected chi connectivity index (χ0v) is 23.3. The number of halogens is 1. The Balaban J connectivity index is 1.39. The van der Waals surface area contributed by atoms with E-state index >= 15 is 0 Å². The first kappa shape index (κ1) is 26.4. The summed E-state index contributed by atoms with van der Waals surface area (Å²) in [5.74, 6) is 1.88. The lowest BCUT2D eigenvalue weighted by atomic mass is 9.90. The number of H-pyrrole nitrogens is 1. The van der Waals surface area contributed by atoms with Crippen LogP contribution in [0.4, 0.5) is 0 Å². The van der Waals surface area contributed by atoms with Crippen LogP contribution in [0.25, 0.3) is 33.9 Å². The molecule has 1 aliphatic carbocycles. The highest BCUT2D eigenvalue weighted by Crippen LogP contribution is 2.39. The molecule has 1 aromatic carbocycles. The number of imidazole rings is 1. The Morgan fingerprint density at radius 2 is 2.10 bits per heavy atom. The van der Waals surface area contributed by atoms with Gasteiger partial charge in [0.25, 0.3) is 5.91 Å². The molecule has 0 radical (unpaired) electrons. The van der Waals surface area contributed by atoms with Gasteiger partial charge in [-0.05, 0) is 43.9 Å². The number of amides is 1. The summed E-state index contributed by atoms with van der Waals surface area (Å²) in [7, 11) is 1.65. The second-order valence-electron chi connectivity index (χ2n) is 9.50. The van der Waals surface area contributed by atoms with E-state index in [1.165, 1.54) is 23.9 Å². The van der Waals surface area contributed by atoms with E-state index in [1.807, 2.05) is 30.3 Å². The predicted molar refractivity (Wildman–Crippen MR) is 152 cm³/mol. The first-order valence-corrected chi connectivity index (χ1v) is 14.2. The highest BCUT2D eigenvalue weighted by atomic mass is 35.5. The van der Waals surface area contributed by atoms with E-state index in [0.717, 1.165) is 53.9 Å². The summed E-state index contributed by atoms with van der Waals surface area (Å²) in [6, 6.07) is 9.90. The average molecular weight is 579 g/mol. The predicted octanol–water partition coefficient (Wildman–Crippen LogP) is 4.93. The lowest BCUT2D eigenvalue weighted by Gasteiger charge is -2.32. The molecule has 206 valence electrons. The Hall–Kier alpha value is -3.87. The number of aromatic amines is 1. The number of nitrogens with zero attached hydrogens (tertiary/aromatic N) is 6. The molecular weight excluding hydrogens is 552 g/mol. The Kier molecular flexibility index (Phi) is 7.71. The molecule has 0 aliphatic heterocycles. The van der Waals surface area contributed by atoms with E-state index < -0.39 is 0 Å². The van der Waals surface area contributed by atoms with Crippen LogP contribution in [0.2, 0.25) is 4.34 Å². The third-order valence-electron chi connectivity index (χ3n) is 6.93. The van der Waals surface area contributed by atoms with E-state index in [1.54, 1.807) is 13.3 Å². The third kappa shape index (κ3) is 5.42. The summed E-state index contributed by atoms with van der Waals surface area (Å²) in [4.78, 5) is 30.9. The van der Waals surface area contributed by atoms with Gasteiger partial charge >= 0.3 is 0 Å². The largest absolute Gasteiger partial charge is 0.490 e. The fourth-order valence-corrected chi connectivity index (χ4v) is 5.98. The maximum Gasteiger partial charge on any atom is 0.280 e. The molecule has 0 spiro atoms. The molecule has 1 aliphatic rings. The number of thiazole rings is 1. The minimum Gasteiger partial charge on any atom is -0.490 e. The van der Waals surface area contributed by atoms with E-state index in [-0.39, 0.29) is 18.0 Å². The number of rotatable bonds is 9. The topological polar surface area (TPSA) is 133 Å². The molecule has 2 N–H and O–H groups in total. The van der Waals surface area contributed by atoms with Crippen molar-refractivity contribution in [2.24, 2.45) is 0 Å². The van der Waals surface area contributed by atoms with E-state index in [2.05, 4.69) is 35.0 Å². The number of para-hydroxylation sites is 1. The number of carbonyl (C=O) groups excluding carboxylic acids is 1. The third-order valence-corrected chi connectivity index (χ3v) is 8.04. The molecule has 4 heterocycles. The van der Waals surface area contributed by atoms with Gasteiger partial charge in [-0.15, -0.1) is 0 Å². The van der Waals surface area contributed by atoms with Crippen molar-refractivity contribution >= 4 is 39.9 Å². The number of hydrogen-bond acceptors (Lipinski definition) is 9. The molecule has 1 fully saturated rings. The van der Waals surface area contributed by atoms with E-state index in [4.69, 9.17) is 26.1 Å². The number of ether oxygens (including phenoxy) is 2. The molecule has 0 bridgehead atoms. The van der Waals surface area contributed by atoms with Gasteiger partial charge in [0.2, 0.25) is 0 Å². The molecule has 0 saturated heterocycles. The lowest BCUT2D eigenvalue weighted by molar-refractivity contribution is 0.0920. The second-order valence-corrected chi connectivity index (χ2v) is 11.2. The van der Waals surface area contributed by atoms with Crippen LogP contribution in [0.5, 0.6) is 5.75 Å². The van der Waals surface area contributed by atoms with Gasteiger partial charge in [-0.25, -0.2) is 15.0 Å². The number of carbonyl (C=O) groups is 1. The summed E-state index contributed by atoms with van der Waals surface area (Å²) in [5.41, 5.74) is 3.23. The molecule has 4 aromatic heterocycles. The molecule has 40 heavy (non-hydrogen) atoms. The molecular formula is C27H27ClN8O3S. The van der Waals surface area contributed by atoms with Crippen molar-refractivity contribution in [2.75, 3.05) is 20.3 Å². The summed E-state index contributed by atoms with van der Waals surface area (Å²) in [5, 5.41) is 10.4. The van der Waals surface area contributed by atoms with Gasteiger partial charge in [-0.3, -0.25) is 14.9 Å². The van der Waals surface area contributed by atoms with Crippen molar-refractivity contribution in [3.8, 4) is 28.7 Å². The smallest absolute Gasteiger partial charge is 0.280 e. The van der Waals surface area contributed by atoms with Gasteiger partial charge in [0.05, 0.1) is 30.1 Å². The maximum absolute atomic E-state index is 12.9. The van der Waals surface area contributed by atoms with Crippen LogP contribution < -0.4 is 10.1 Å². The van der Waals surface area contributed by atoms with Crippen LogP contribution >= 0.6 is 22.9 Å². The Morgan fingerprint density at radius 1 is 1.20 bits per heavy atom. The van der Waals surface area contributed by atoms with Gasteiger partial charge in [0, 0.05) is 19.2 Å². The normalized spacial score (nSPS) is 17.2. The quantitative estimate of drug-likeness (QED) is 0.235. The zero-order chi connectivity index (χ0) is 27.5. The molecule has 5 aromatic rings. The Labute approximate surface area is 239 Å². The van der Waals surface area contributed by atoms with E-state index in [0.29, 0.717) is 34.1 Å². The minimum absolute atomic E-state index is 0.0250. The highest BCUT2D eigenvalue weighted by Gasteiger charge is 2.30. The number of aromatic nitrogens is 7. The summed E-state index contributed by atoms with van der Waals surface area (Å²) in [6.45, 7) is 0.896. The molecule has 2 atom stereocenters. The summed E-state index contributed by atoms with van der Waals surface area (Å²) < 4.78 is 14.0. The van der Waals surface area contributed by atoms with Gasteiger partial charge < -0.3 is 19.4 Å². The van der Waals surface area contributed by atoms with Gasteiger partial charge in [0.1, 0.15) is 40.1 Å². The number of nitrogens with one attached hydrogen (secondary N) is 2. The maximum atomic E-state index is 12.9. The van der Waals surface area contributed by atoms with Crippen molar-refractivity contribution < 1.29 is 14.3 Å². The zero-order valence-electron chi connectivity index (χ0n) is 21.7. The van der Waals surface area contributed by atoms with Crippen LogP contribution in [0.1, 0.15) is 41.5 Å². The standard InChI is InChI=1S/C27H27ClN8O3S/c1-38-9-10-39-22-8-3-2-7-18(22)25-34-20-13-29-19(24-31-15-32-35-24)12-21(20)36(25)17-6-4-5-16(11-17)33-26(37)27-30-14-23(28)40-27/h2-3,7-8,12-17H,4-6,9-11H2,1H3,(H,33,37)(H,31,32,35)/t16-,17+/m0/s1. The van der Waals surface area contributed by atoms with E-state index in [9.17, 15) is 4.79 Å². The van der Waals surface area contributed by atoms with Gasteiger partial charge in [0.15, 0.2) is 10.8 Å². The first-order valence-electron chi connectivity index (χ1n) is 13.0. The molecule has 1 saturated carbocycles. The van der Waals surface area contributed by atoms with Crippen LogP contribution in [0.3, 0.4) is 0 Å². The van der Waals surface area contributed by atoms with Crippen LogP contribution in [0, 0.1) is 0 Å². The number of methoxy groups -OCH3 is 1. The van der Waals surface area contributed by atoms with Crippen molar-refractivity contribution in [2.45, 2.75) is 37.8 Å². The van der Waals surface area contributed by atoms with Crippen molar-refractivity contribution in [3.63, 3.8) is 0 Å². The van der Waals surface area contributed by atoms with Crippen molar-refractivity contribution in [1.29, 1.82) is 0 Å². The van der Waals surface area contributed by atoms with Gasteiger partial charge in [-0.1, -0.05) is 35.1 Å². The Bertz CT molecular complexity index is 1620. The fraction of sp³-hybridized carbons (Fsp3) is 0.333. The summed E-state index contributed by atoms with van der Waals surface area (Å²) in [6.07, 6.45) is 8.21. The number of fused-ring (bicyclic) bond motifs is 1. The van der Waals surface area contributed by atoms with Crippen LogP contribution in [-0.2, 0) is 4.74 Å². The Morgan fingerprint density at radius 3 is 2.90 bits per heavy atom. The van der Waals surface area contributed by atoms with Crippen molar-refractivity contribution in [3.05, 3.63) is 58.4 Å². The highest BCUT2D eigenvalue weighted by molar-refractivity contribution is 7.17. The molecule has 0 unspecified atom stereocenters. The lowest BCUT2D eigenvalue weighted by Crippen LogP contribution is -2.39. The van der Waals surface area contributed by atoms with Crippen LogP contribution in [-0.4, -0.2) is 67.0 Å². The number of pyridine rings is 1. The minimum atomic E-state index is -0.202. The second kappa shape index (κ2) is 11.7. The monoisotopic (exact) mass is 578 g/mol. The van der Waals surface area contributed by atoms with Crippen molar-refractivity contribution in [1.82, 2.24) is 40.0 Å². The molecule has 1 amide bonds. The number of hydrogen-bond donors (Lipinski definition) is 2. The molecule has 6 rings (SSSR count). The number of benzene rings is 1. The van der Waals surface area contributed by atoms with Gasteiger partial charge in [-0.2, -0.15) is 5.10 Å². The van der Waals surface area contributed by atoms with Crippen LogP contribution in [0.15, 0.2) is 49.1 Å². The SMILES string of the molecule is COCCOc1ccccc1-c1nc2cnc(-c3ncn[nH]3)cc2n1[C@@H]1CCC[C@H](NC(=O)c2ncc(Cl)s2)C1. The summed E-state index contributed by atoms with van der Waals surface area (Å²) >= 11 is 7.18. The first-order chi connectivity index (χ1) is 19.6. The fourth-order valence-electron chi connectivity index (χ4n) is 5.17.